The van der Waals surface area contributed by atoms with Crippen molar-refractivity contribution in [3.63, 3.8) is 0 Å². The van der Waals surface area contributed by atoms with Crippen LogP contribution in [0.2, 0.25) is 0 Å². The summed E-state index contributed by atoms with van der Waals surface area (Å²) in [4.78, 5) is 9.78. The van der Waals surface area contributed by atoms with Gasteiger partial charge in [0.1, 0.15) is 11.0 Å². The first-order valence-electron chi connectivity index (χ1n) is 3.44. The van der Waals surface area contributed by atoms with E-state index in [1.54, 1.807) is 0 Å². The molecule has 0 saturated heterocycles. The molecule has 1 unspecified atom stereocenters. The molecule has 0 aliphatic carbocycles. The number of rotatable bonds is 3. The molecule has 0 amide bonds. The van der Waals surface area contributed by atoms with E-state index in [4.69, 9.17) is 0 Å². The van der Waals surface area contributed by atoms with Gasteiger partial charge in [-0.15, -0.1) is 0 Å². The van der Waals surface area contributed by atoms with Gasteiger partial charge in [0.25, 0.3) is 5.69 Å². The van der Waals surface area contributed by atoms with Gasteiger partial charge in [-0.25, -0.2) is 4.21 Å². The fourth-order valence-corrected chi connectivity index (χ4v) is 1.29. The van der Waals surface area contributed by atoms with Crippen molar-refractivity contribution in [2.24, 2.45) is 0 Å². The number of hydrogen-bond donors (Lipinski definition) is 1. The van der Waals surface area contributed by atoms with Crippen LogP contribution in [0.5, 0.6) is 0 Å². The van der Waals surface area contributed by atoms with Gasteiger partial charge < -0.3 is 4.72 Å². The number of non-ortho nitro benzene ring substituents is 1. The highest BCUT2D eigenvalue weighted by molar-refractivity contribution is 7.85. The lowest BCUT2D eigenvalue weighted by Crippen LogP contribution is -2.00. The van der Waals surface area contributed by atoms with Crippen LogP contribution in [-0.4, -0.2) is 15.4 Å². The van der Waals surface area contributed by atoms with Crippen molar-refractivity contribution < 1.29 is 9.13 Å². The normalized spacial score (nSPS) is 12.1. The summed E-state index contributed by atoms with van der Waals surface area (Å²) in [5.41, 5.74) is 0.624. The quantitative estimate of drug-likeness (QED) is 0.590. The van der Waals surface area contributed by atoms with Gasteiger partial charge >= 0.3 is 0 Å². The average Bonchev–Trinajstić information content (AvgIpc) is 2.04. The van der Waals surface area contributed by atoms with Crippen molar-refractivity contribution in [3.05, 3.63) is 34.4 Å². The molecule has 0 fully saturated rings. The third-order valence-electron chi connectivity index (χ3n) is 1.34. The number of nitrogens with one attached hydrogen (secondary N) is 1. The van der Waals surface area contributed by atoms with Gasteiger partial charge in [-0.2, -0.15) is 0 Å². The van der Waals surface area contributed by atoms with Gasteiger partial charge in [-0.1, -0.05) is 0 Å². The van der Waals surface area contributed by atoms with Crippen molar-refractivity contribution in [2.45, 2.75) is 0 Å². The van der Waals surface area contributed by atoms with E-state index in [0.29, 0.717) is 5.69 Å². The minimum absolute atomic E-state index is 0.0208. The van der Waals surface area contributed by atoms with Crippen molar-refractivity contribution >= 4 is 22.4 Å². The maximum atomic E-state index is 10.7. The van der Waals surface area contributed by atoms with Crippen LogP contribution >= 0.6 is 0 Å². The molecule has 6 heteroatoms. The van der Waals surface area contributed by atoms with Crippen molar-refractivity contribution in [1.82, 2.24) is 0 Å². The Morgan fingerprint density at radius 3 is 2.31 bits per heavy atom. The number of anilines is 1. The zero-order chi connectivity index (χ0) is 9.84. The highest BCUT2D eigenvalue weighted by Gasteiger charge is 2.03. The molecule has 1 atom stereocenters. The molecule has 5 nitrogen and oxygen atoms in total. The molecule has 1 aromatic carbocycles. The molecule has 1 N–H and O–H groups in total. The van der Waals surface area contributed by atoms with Crippen LogP contribution in [-0.2, 0) is 11.0 Å². The maximum absolute atomic E-state index is 10.7. The largest absolute Gasteiger partial charge is 0.305 e. The van der Waals surface area contributed by atoms with E-state index in [1.165, 1.54) is 30.5 Å². The highest BCUT2D eigenvalue weighted by Crippen LogP contribution is 2.15. The Bertz CT molecular complexity index is 336. The highest BCUT2D eigenvalue weighted by atomic mass is 32.2. The van der Waals surface area contributed by atoms with Crippen molar-refractivity contribution in [1.29, 1.82) is 0 Å². The lowest BCUT2D eigenvalue weighted by molar-refractivity contribution is -0.384. The molecule has 1 aromatic rings. The monoisotopic (exact) mass is 200 g/mol. The van der Waals surface area contributed by atoms with Crippen LogP contribution in [0.1, 0.15) is 0 Å². The Morgan fingerprint density at radius 1 is 1.38 bits per heavy atom. The third kappa shape index (κ3) is 2.83. The summed E-state index contributed by atoms with van der Waals surface area (Å²) in [5.74, 6) is 0. The zero-order valence-corrected chi connectivity index (χ0v) is 7.71. The van der Waals surface area contributed by atoms with Crippen LogP contribution in [0, 0.1) is 10.1 Å². The van der Waals surface area contributed by atoms with Gasteiger partial charge in [-0.05, 0) is 12.1 Å². The Kier molecular flexibility index (Phi) is 2.97. The SMILES string of the molecule is CS(=O)Nc1ccc([N+](=O)[O-])cc1. The predicted molar refractivity (Wildman–Crippen MR) is 50.8 cm³/mol. The first-order chi connectivity index (χ1) is 6.09. The van der Waals surface area contributed by atoms with Crippen molar-refractivity contribution in [3.8, 4) is 0 Å². The van der Waals surface area contributed by atoms with Gasteiger partial charge in [0, 0.05) is 24.1 Å². The fourth-order valence-electron chi connectivity index (χ4n) is 0.817. The zero-order valence-electron chi connectivity index (χ0n) is 6.89. The second kappa shape index (κ2) is 3.99. The Morgan fingerprint density at radius 2 is 1.92 bits per heavy atom. The van der Waals surface area contributed by atoms with E-state index in [9.17, 15) is 14.3 Å². The van der Waals surface area contributed by atoms with Crippen LogP contribution in [0.4, 0.5) is 11.4 Å². The van der Waals surface area contributed by atoms with Crippen LogP contribution < -0.4 is 4.72 Å². The lowest BCUT2D eigenvalue weighted by Gasteiger charge is -2.00. The summed E-state index contributed by atoms with van der Waals surface area (Å²) in [6, 6.07) is 5.74. The Balaban J connectivity index is 2.81. The summed E-state index contributed by atoms with van der Waals surface area (Å²) >= 11 is 0. The molecule has 0 bridgehead atoms. The minimum atomic E-state index is -1.15. The molecule has 0 heterocycles. The first kappa shape index (κ1) is 9.66. The molecular formula is C7H8N2O3S. The van der Waals surface area contributed by atoms with Gasteiger partial charge in [0.15, 0.2) is 0 Å². The second-order valence-corrected chi connectivity index (χ2v) is 3.47. The summed E-state index contributed by atoms with van der Waals surface area (Å²) in [6.45, 7) is 0. The first-order valence-corrected chi connectivity index (χ1v) is 5.00. The minimum Gasteiger partial charge on any atom is -0.305 e. The van der Waals surface area contributed by atoms with E-state index in [1.807, 2.05) is 0 Å². The van der Waals surface area contributed by atoms with Gasteiger partial charge in [-0.3, -0.25) is 10.1 Å². The van der Waals surface area contributed by atoms with Gasteiger partial charge in [0.2, 0.25) is 0 Å². The molecule has 0 saturated carbocycles. The van der Waals surface area contributed by atoms with Crippen LogP contribution in [0.15, 0.2) is 24.3 Å². The van der Waals surface area contributed by atoms with E-state index < -0.39 is 15.9 Å². The molecule has 0 radical (unpaired) electrons. The van der Waals surface area contributed by atoms with E-state index in [2.05, 4.69) is 4.72 Å². The van der Waals surface area contributed by atoms with Gasteiger partial charge in [0.05, 0.1) is 4.92 Å². The third-order valence-corrected chi connectivity index (χ3v) is 1.86. The Hall–Kier alpha value is -1.43. The summed E-state index contributed by atoms with van der Waals surface area (Å²) in [7, 11) is -1.15. The topological polar surface area (TPSA) is 72.2 Å². The Labute approximate surface area is 77.5 Å². The average molecular weight is 200 g/mol. The molecule has 0 aliphatic rings. The fraction of sp³-hybridized carbons (Fsp3) is 0.143. The smallest absolute Gasteiger partial charge is 0.269 e. The summed E-state index contributed by atoms with van der Waals surface area (Å²) in [6.07, 6.45) is 1.49. The number of nitro benzene ring substituents is 1. The number of benzene rings is 1. The summed E-state index contributed by atoms with van der Waals surface area (Å²) < 4.78 is 13.3. The molecule has 70 valence electrons. The molecular weight excluding hydrogens is 192 g/mol. The number of nitrogens with zero attached hydrogens (tertiary/aromatic N) is 1. The van der Waals surface area contributed by atoms with Crippen molar-refractivity contribution in [2.75, 3.05) is 11.0 Å². The molecule has 1 rings (SSSR count). The van der Waals surface area contributed by atoms with Crippen LogP contribution in [0.3, 0.4) is 0 Å². The molecule has 0 spiro atoms. The molecule has 13 heavy (non-hydrogen) atoms. The van der Waals surface area contributed by atoms with E-state index in [0.717, 1.165) is 0 Å². The number of hydrogen-bond acceptors (Lipinski definition) is 3. The van der Waals surface area contributed by atoms with E-state index in [-0.39, 0.29) is 5.69 Å². The van der Waals surface area contributed by atoms with E-state index >= 15 is 0 Å². The summed E-state index contributed by atoms with van der Waals surface area (Å²) in [5, 5.41) is 10.3. The lowest BCUT2D eigenvalue weighted by atomic mass is 10.3. The molecule has 0 aromatic heterocycles. The predicted octanol–water partition coefficient (Wildman–Crippen LogP) is 1.30. The molecule has 0 aliphatic heterocycles. The second-order valence-electron chi connectivity index (χ2n) is 2.36. The van der Waals surface area contributed by atoms with Crippen LogP contribution in [0.25, 0.3) is 0 Å². The standard InChI is InChI=1S/C7H8N2O3S/c1-13(12)8-6-2-4-7(5-3-6)9(10)11/h2-5,8H,1H3. The maximum Gasteiger partial charge on any atom is 0.269 e. The number of nitro groups is 1.